The summed E-state index contributed by atoms with van der Waals surface area (Å²) in [5.41, 5.74) is 6.96. The van der Waals surface area contributed by atoms with E-state index in [4.69, 9.17) is 5.84 Å². The fraction of sp³-hybridized carbons (Fsp3) is 0.467. The molecule has 0 aromatic heterocycles. The Morgan fingerprint density at radius 3 is 2.71 bits per heavy atom. The zero-order chi connectivity index (χ0) is 12.7. The fourth-order valence-corrected chi connectivity index (χ4v) is 1.97. The van der Waals surface area contributed by atoms with Crippen molar-refractivity contribution in [1.29, 1.82) is 0 Å². The molecule has 1 unspecified atom stereocenters. The van der Waals surface area contributed by atoms with Crippen LogP contribution in [0.5, 0.6) is 0 Å². The van der Waals surface area contributed by atoms with Crippen LogP contribution in [0.4, 0.5) is 0 Å². The lowest BCUT2D eigenvalue weighted by Gasteiger charge is -2.16. The SMILES string of the molecule is C=CCCCC(Cc1ccc(C)c(C)c1)NN. The molecule has 0 spiro atoms. The number of allylic oxidation sites excluding steroid dienone is 1. The largest absolute Gasteiger partial charge is 0.271 e. The summed E-state index contributed by atoms with van der Waals surface area (Å²) in [6.07, 6.45) is 6.25. The number of nitrogens with one attached hydrogen (secondary N) is 1. The summed E-state index contributed by atoms with van der Waals surface area (Å²) in [4.78, 5) is 0. The van der Waals surface area contributed by atoms with Gasteiger partial charge in [-0.1, -0.05) is 24.3 Å². The van der Waals surface area contributed by atoms with Gasteiger partial charge >= 0.3 is 0 Å². The zero-order valence-corrected chi connectivity index (χ0v) is 11.0. The summed E-state index contributed by atoms with van der Waals surface area (Å²) in [6, 6.07) is 6.99. The first kappa shape index (κ1) is 13.9. The molecule has 94 valence electrons. The molecule has 1 aromatic carbocycles. The van der Waals surface area contributed by atoms with E-state index in [9.17, 15) is 0 Å². The minimum absolute atomic E-state index is 0.358. The van der Waals surface area contributed by atoms with Crippen LogP contribution in [0.3, 0.4) is 0 Å². The van der Waals surface area contributed by atoms with Gasteiger partial charge in [0, 0.05) is 6.04 Å². The van der Waals surface area contributed by atoms with Crippen LogP contribution < -0.4 is 11.3 Å². The Hall–Kier alpha value is -1.12. The molecular formula is C15H24N2. The van der Waals surface area contributed by atoms with E-state index < -0.39 is 0 Å². The van der Waals surface area contributed by atoms with Gasteiger partial charge in [-0.3, -0.25) is 11.3 Å². The van der Waals surface area contributed by atoms with Crippen molar-refractivity contribution in [2.75, 3.05) is 0 Å². The molecule has 0 saturated heterocycles. The van der Waals surface area contributed by atoms with E-state index in [-0.39, 0.29) is 0 Å². The van der Waals surface area contributed by atoms with Gasteiger partial charge in [-0.25, -0.2) is 0 Å². The van der Waals surface area contributed by atoms with E-state index in [2.05, 4.69) is 44.1 Å². The number of hydrazine groups is 1. The zero-order valence-electron chi connectivity index (χ0n) is 11.0. The summed E-state index contributed by atoms with van der Waals surface area (Å²) in [6.45, 7) is 8.03. The molecule has 0 aliphatic rings. The molecular weight excluding hydrogens is 208 g/mol. The lowest BCUT2D eigenvalue weighted by Crippen LogP contribution is -2.36. The standard InChI is InChI=1S/C15H24N2/c1-4-5-6-7-15(17-16)11-14-9-8-12(2)13(3)10-14/h4,8-10,15,17H,1,5-7,11,16H2,2-3H3. The number of rotatable bonds is 7. The molecule has 0 bridgehead atoms. The minimum atomic E-state index is 0.358. The number of unbranched alkanes of at least 4 members (excludes halogenated alkanes) is 1. The summed E-state index contributed by atoms with van der Waals surface area (Å²) in [7, 11) is 0. The average molecular weight is 232 g/mol. The van der Waals surface area contributed by atoms with Gasteiger partial charge in [0.1, 0.15) is 0 Å². The molecule has 0 radical (unpaired) electrons. The lowest BCUT2D eigenvalue weighted by molar-refractivity contribution is 0.478. The maximum absolute atomic E-state index is 5.59. The van der Waals surface area contributed by atoms with Crippen molar-refractivity contribution < 1.29 is 0 Å². The van der Waals surface area contributed by atoms with Gasteiger partial charge in [-0.15, -0.1) is 6.58 Å². The molecule has 0 aliphatic carbocycles. The van der Waals surface area contributed by atoms with Gasteiger partial charge < -0.3 is 0 Å². The predicted octanol–water partition coefficient (Wildman–Crippen LogP) is 3.03. The number of benzene rings is 1. The van der Waals surface area contributed by atoms with Crippen molar-refractivity contribution in [2.45, 2.75) is 45.6 Å². The summed E-state index contributed by atoms with van der Waals surface area (Å²) < 4.78 is 0. The molecule has 1 rings (SSSR count). The summed E-state index contributed by atoms with van der Waals surface area (Å²) in [5.74, 6) is 5.59. The number of hydrogen-bond donors (Lipinski definition) is 2. The van der Waals surface area contributed by atoms with Gasteiger partial charge in [0.2, 0.25) is 0 Å². The first-order valence-electron chi connectivity index (χ1n) is 6.30. The van der Waals surface area contributed by atoms with E-state index in [0.29, 0.717) is 6.04 Å². The Labute approximate surface area is 105 Å². The van der Waals surface area contributed by atoms with E-state index in [1.54, 1.807) is 0 Å². The normalized spacial score (nSPS) is 12.4. The van der Waals surface area contributed by atoms with Crippen LogP contribution in [0.15, 0.2) is 30.9 Å². The van der Waals surface area contributed by atoms with Crippen LogP contribution in [0.25, 0.3) is 0 Å². The maximum atomic E-state index is 5.59. The first-order valence-corrected chi connectivity index (χ1v) is 6.30. The van der Waals surface area contributed by atoms with E-state index in [1.165, 1.54) is 16.7 Å². The van der Waals surface area contributed by atoms with Crippen LogP contribution in [0.2, 0.25) is 0 Å². The van der Waals surface area contributed by atoms with Crippen LogP contribution >= 0.6 is 0 Å². The van der Waals surface area contributed by atoms with Crippen LogP contribution in [0, 0.1) is 13.8 Å². The van der Waals surface area contributed by atoms with E-state index >= 15 is 0 Å². The summed E-state index contributed by atoms with van der Waals surface area (Å²) >= 11 is 0. The molecule has 2 nitrogen and oxygen atoms in total. The van der Waals surface area contributed by atoms with Gasteiger partial charge in [-0.05, 0) is 56.2 Å². The van der Waals surface area contributed by atoms with Crippen molar-refractivity contribution in [3.05, 3.63) is 47.5 Å². The van der Waals surface area contributed by atoms with Gasteiger partial charge in [-0.2, -0.15) is 0 Å². The maximum Gasteiger partial charge on any atom is 0.0251 e. The average Bonchev–Trinajstić information content (AvgIpc) is 2.32. The summed E-state index contributed by atoms with van der Waals surface area (Å²) in [5, 5.41) is 0. The second-order valence-corrected chi connectivity index (χ2v) is 4.71. The van der Waals surface area contributed by atoms with Gasteiger partial charge in [0.05, 0.1) is 0 Å². The topological polar surface area (TPSA) is 38.0 Å². The smallest absolute Gasteiger partial charge is 0.0251 e. The van der Waals surface area contributed by atoms with Crippen LogP contribution in [-0.2, 0) is 6.42 Å². The Kier molecular flexibility index (Phi) is 5.95. The van der Waals surface area contributed by atoms with Crippen molar-refractivity contribution in [3.8, 4) is 0 Å². The number of hydrogen-bond acceptors (Lipinski definition) is 2. The number of nitrogens with two attached hydrogens (primary N) is 1. The highest BCUT2D eigenvalue weighted by Crippen LogP contribution is 2.13. The molecule has 0 amide bonds. The Bertz CT molecular complexity index is 358. The third kappa shape index (κ3) is 4.72. The molecule has 17 heavy (non-hydrogen) atoms. The Balaban J connectivity index is 2.54. The second-order valence-electron chi connectivity index (χ2n) is 4.71. The van der Waals surface area contributed by atoms with Gasteiger partial charge in [0.15, 0.2) is 0 Å². The van der Waals surface area contributed by atoms with Crippen LogP contribution in [-0.4, -0.2) is 6.04 Å². The highest BCUT2D eigenvalue weighted by Gasteiger charge is 2.07. The van der Waals surface area contributed by atoms with Gasteiger partial charge in [0.25, 0.3) is 0 Å². The van der Waals surface area contributed by atoms with E-state index in [1.807, 2.05) is 6.08 Å². The minimum Gasteiger partial charge on any atom is -0.271 e. The molecule has 0 saturated carbocycles. The fourth-order valence-electron chi connectivity index (χ4n) is 1.97. The predicted molar refractivity (Wildman–Crippen MR) is 74.8 cm³/mol. The third-order valence-corrected chi connectivity index (χ3v) is 3.25. The molecule has 0 aliphatic heterocycles. The highest BCUT2D eigenvalue weighted by molar-refractivity contribution is 5.30. The molecule has 1 aromatic rings. The number of aryl methyl sites for hydroxylation is 2. The van der Waals surface area contributed by atoms with Crippen molar-refractivity contribution in [3.63, 3.8) is 0 Å². The molecule has 0 heterocycles. The molecule has 1 atom stereocenters. The first-order chi connectivity index (χ1) is 8.17. The second kappa shape index (κ2) is 7.25. The molecule has 3 N–H and O–H groups in total. The quantitative estimate of drug-likeness (QED) is 0.328. The highest BCUT2D eigenvalue weighted by atomic mass is 15.2. The Morgan fingerprint density at radius 2 is 2.12 bits per heavy atom. The van der Waals surface area contributed by atoms with Crippen molar-refractivity contribution >= 4 is 0 Å². The lowest BCUT2D eigenvalue weighted by atomic mass is 9.98. The van der Waals surface area contributed by atoms with Crippen LogP contribution in [0.1, 0.15) is 36.0 Å². The van der Waals surface area contributed by atoms with E-state index in [0.717, 1.165) is 25.7 Å². The monoisotopic (exact) mass is 232 g/mol. The Morgan fingerprint density at radius 1 is 1.35 bits per heavy atom. The molecule has 0 fully saturated rings. The third-order valence-electron chi connectivity index (χ3n) is 3.25. The van der Waals surface area contributed by atoms with Crippen molar-refractivity contribution in [1.82, 2.24) is 5.43 Å². The molecule has 2 heteroatoms. The van der Waals surface area contributed by atoms with Crippen molar-refractivity contribution in [2.24, 2.45) is 5.84 Å².